The van der Waals surface area contributed by atoms with Gasteiger partial charge in [-0.2, -0.15) is 0 Å². The van der Waals surface area contributed by atoms with Crippen LogP contribution >= 0.6 is 22.9 Å². The second-order valence-electron chi connectivity index (χ2n) is 7.57. The predicted molar refractivity (Wildman–Crippen MR) is 119 cm³/mol. The third-order valence-electron chi connectivity index (χ3n) is 5.79. The van der Waals surface area contributed by atoms with Crippen LogP contribution in [0.4, 0.5) is 0 Å². The van der Waals surface area contributed by atoms with Crippen molar-refractivity contribution in [2.24, 2.45) is 5.92 Å². The van der Waals surface area contributed by atoms with Gasteiger partial charge >= 0.3 is 0 Å². The SMILES string of the molecule is CN(C(=O)c1cccs1)C(Cc1ccccc1)C1CCN(C(=O)c2csnn2)CC1. The smallest absolute Gasteiger partial charge is 0.275 e. The number of aromatic nitrogens is 2. The van der Waals surface area contributed by atoms with Crippen LogP contribution in [0.25, 0.3) is 0 Å². The van der Waals surface area contributed by atoms with Gasteiger partial charge in [0.05, 0.1) is 4.88 Å². The molecule has 3 aromatic rings. The standard InChI is InChI=1S/C22H24N4O2S2/c1-25(22(28)20-8-5-13-29-20)19(14-16-6-3-2-4-7-16)17-9-11-26(12-10-17)21(27)18-15-30-24-23-18/h2-8,13,15,17,19H,9-12,14H2,1H3. The maximum absolute atomic E-state index is 13.1. The van der Waals surface area contributed by atoms with Gasteiger partial charge < -0.3 is 9.80 Å². The number of carbonyl (C=O) groups is 2. The van der Waals surface area contributed by atoms with Crippen molar-refractivity contribution in [3.05, 3.63) is 69.4 Å². The first-order valence-electron chi connectivity index (χ1n) is 10.0. The normalized spacial score (nSPS) is 15.7. The van der Waals surface area contributed by atoms with Crippen LogP contribution in [-0.4, -0.2) is 57.4 Å². The Balaban J connectivity index is 1.48. The van der Waals surface area contributed by atoms with E-state index in [0.717, 1.165) is 24.1 Å². The topological polar surface area (TPSA) is 66.4 Å². The minimum atomic E-state index is -0.0511. The molecule has 156 valence electrons. The van der Waals surface area contributed by atoms with Crippen molar-refractivity contribution in [2.45, 2.75) is 25.3 Å². The number of carbonyl (C=O) groups excluding carboxylic acids is 2. The van der Waals surface area contributed by atoms with Gasteiger partial charge in [0.15, 0.2) is 5.69 Å². The van der Waals surface area contributed by atoms with Gasteiger partial charge in [-0.15, -0.1) is 16.4 Å². The number of piperidine rings is 1. The lowest BCUT2D eigenvalue weighted by atomic mass is 9.84. The summed E-state index contributed by atoms with van der Waals surface area (Å²) in [4.78, 5) is 30.2. The molecule has 0 spiro atoms. The van der Waals surface area contributed by atoms with Crippen molar-refractivity contribution in [3.63, 3.8) is 0 Å². The van der Waals surface area contributed by atoms with E-state index in [1.54, 1.807) is 5.38 Å². The molecule has 0 saturated carbocycles. The minimum Gasteiger partial charge on any atom is -0.337 e. The lowest BCUT2D eigenvalue weighted by Crippen LogP contribution is -2.48. The molecule has 0 aliphatic carbocycles. The molecule has 0 radical (unpaired) electrons. The average molecular weight is 441 g/mol. The molecule has 1 aliphatic rings. The second-order valence-corrected chi connectivity index (χ2v) is 9.13. The van der Waals surface area contributed by atoms with Crippen molar-refractivity contribution < 1.29 is 9.59 Å². The van der Waals surface area contributed by atoms with Gasteiger partial charge in [-0.1, -0.05) is 40.9 Å². The Bertz CT molecular complexity index is 952. The quantitative estimate of drug-likeness (QED) is 0.584. The number of nitrogens with zero attached hydrogens (tertiary/aromatic N) is 4. The number of hydrogen-bond donors (Lipinski definition) is 0. The highest BCUT2D eigenvalue weighted by molar-refractivity contribution is 7.12. The Hall–Kier alpha value is -2.58. The van der Waals surface area contributed by atoms with Gasteiger partial charge in [0, 0.05) is 31.6 Å². The predicted octanol–water partition coefficient (Wildman–Crippen LogP) is 3.84. The summed E-state index contributed by atoms with van der Waals surface area (Å²) in [6.45, 7) is 1.35. The molecule has 1 unspecified atom stereocenters. The Morgan fingerprint density at radius 1 is 1.17 bits per heavy atom. The summed E-state index contributed by atoms with van der Waals surface area (Å²) < 4.78 is 3.80. The fraction of sp³-hybridized carbons (Fsp3) is 0.364. The van der Waals surface area contributed by atoms with Gasteiger partial charge in [0.25, 0.3) is 11.8 Å². The maximum Gasteiger partial charge on any atom is 0.275 e. The largest absolute Gasteiger partial charge is 0.337 e. The van der Waals surface area contributed by atoms with Crippen molar-refractivity contribution >= 4 is 34.7 Å². The van der Waals surface area contributed by atoms with Crippen molar-refractivity contribution in [3.8, 4) is 0 Å². The van der Waals surface area contributed by atoms with Gasteiger partial charge in [0.2, 0.25) is 0 Å². The van der Waals surface area contributed by atoms with E-state index in [-0.39, 0.29) is 17.9 Å². The fourth-order valence-corrected chi connectivity index (χ4v) is 5.24. The molecular formula is C22H24N4O2S2. The van der Waals surface area contributed by atoms with Gasteiger partial charge in [-0.25, -0.2) is 0 Å². The van der Waals surface area contributed by atoms with E-state index in [9.17, 15) is 9.59 Å². The van der Waals surface area contributed by atoms with Gasteiger partial charge in [0.1, 0.15) is 0 Å². The Kier molecular flexibility index (Phi) is 6.54. The van der Waals surface area contributed by atoms with E-state index < -0.39 is 0 Å². The molecular weight excluding hydrogens is 416 g/mol. The zero-order valence-electron chi connectivity index (χ0n) is 16.8. The molecule has 1 atom stereocenters. The minimum absolute atomic E-state index is 0.0511. The summed E-state index contributed by atoms with van der Waals surface area (Å²) in [5.41, 5.74) is 1.64. The van der Waals surface area contributed by atoms with E-state index in [1.165, 1.54) is 28.4 Å². The molecule has 1 aliphatic heterocycles. The summed E-state index contributed by atoms with van der Waals surface area (Å²) in [5.74, 6) is 0.347. The van der Waals surface area contributed by atoms with E-state index in [4.69, 9.17) is 0 Å². The van der Waals surface area contributed by atoms with Crippen molar-refractivity contribution in [2.75, 3.05) is 20.1 Å². The van der Waals surface area contributed by atoms with E-state index in [0.29, 0.717) is 24.7 Å². The summed E-state index contributed by atoms with van der Waals surface area (Å²) >= 11 is 2.67. The Morgan fingerprint density at radius 2 is 1.93 bits per heavy atom. The third kappa shape index (κ3) is 4.60. The van der Waals surface area contributed by atoms with E-state index in [1.807, 2.05) is 52.6 Å². The average Bonchev–Trinajstić information content (AvgIpc) is 3.51. The number of rotatable bonds is 6. The number of likely N-dealkylation sites (tertiary alicyclic amines) is 1. The molecule has 2 amide bonds. The first kappa shape index (κ1) is 20.7. The van der Waals surface area contributed by atoms with Crippen LogP contribution < -0.4 is 0 Å². The summed E-state index contributed by atoms with van der Waals surface area (Å²) in [6, 6.07) is 14.2. The van der Waals surface area contributed by atoms with Crippen LogP contribution in [-0.2, 0) is 6.42 Å². The molecule has 1 saturated heterocycles. The first-order valence-corrected chi connectivity index (χ1v) is 11.8. The van der Waals surface area contributed by atoms with Crippen molar-refractivity contribution in [1.82, 2.24) is 19.4 Å². The Morgan fingerprint density at radius 3 is 2.57 bits per heavy atom. The first-order chi connectivity index (χ1) is 14.6. The number of likely N-dealkylation sites (N-methyl/N-ethyl adjacent to an activating group) is 1. The van der Waals surface area contributed by atoms with Gasteiger partial charge in [-0.05, 0) is 53.7 Å². The number of benzene rings is 1. The molecule has 4 rings (SSSR count). The summed E-state index contributed by atoms with van der Waals surface area (Å²) in [7, 11) is 1.91. The molecule has 30 heavy (non-hydrogen) atoms. The lowest BCUT2D eigenvalue weighted by Gasteiger charge is -2.40. The molecule has 1 aromatic carbocycles. The Labute approximate surface area is 184 Å². The molecule has 3 heterocycles. The van der Waals surface area contributed by atoms with Crippen LogP contribution in [0.15, 0.2) is 53.2 Å². The zero-order valence-corrected chi connectivity index (χ0v) is 18.4. The zero-order chi connectivity index (χ0) is 20.9. The molecule has 1 fully saturated rings. The number of amides is 2. The second kappa shape index (κ2) is 9.49. The number of thiophene rings is 1. The highest BCUT2D eigenvalue weighted by Gasteiger charge is 2.33. The highest BCUT2D eigenvalue weighted by Crippen LogP contribution is 2.28. The van der Waals surface area contributed by atoms with E-state index in [2.05, 4.69) is 21.7 Å². The van der Waals surface area contributed by atoms with Gasteiger partial charge in [-0.3, -0.25) is 9.59 Å². The summed E-state index contributed by atoms with van der Waals surface area (Å²) in [5, 5.41) is 7.54. The summed E-state index contributed by atoms with van der Waals surface area (Å²) in [6.07, 6.45) is 2.54. The maximum atomic E-state index is 13.1. The number of hydrogen-bond acceptors (Lipinski definition) is 6. The van der Waals surface area contributed by atoms with Crippen LogP contribution in [0.5, 0.6) is 0 Å². The van der Waals surface area contributed by atoms with Crippen LogP contribution in [0.3, 0.4) is 0 Å². The lowest BCUT2D eigenvalue weighted by molar-refractivity contribution is 0.0522. The monoisotopic (exact) mass is 440 g/mol. The fourth-order valence-electron chi connectivity index (χ4n) is 4.11. The molecule has 2 aromatic heterocycles. The van der Waals surface area contributed by atoms with Crippen LogP contribution in [0.1, 0.15) is 38.6 Å². The highest BCUT2D eigenvalue weighted by atomic mass is 32.1. The molecule has 0 bridgehead atoms. The molecule has 0 N–H and O–H groups in total. The van der Waals surface area contributed by atoms with E-state index >= 15 is 0 Å². The van der Waals surface area contributed by atoms with Crippen LogP contribution in [0, 0.1) is 5.92 Å². The van der Waals surface area contributed by atoms with Crippen LogP contribution in [0.2, 0.25) is 0 Å². The van der Waals surface area contributed by atoms with Crippen molar-refractivity contribution in [1.29, 1.82) is 0 Å². The molecule has 8 heteroatoms. The molecule has 6 nitrogen and oxygen atoms in total. The third-order valence-corrected chi connectivity index (χ3v) is 7.15.